The Morgan fingerprint density at radius 3 is 2.40 bits per heavy atom. The van der Waals surface area contributed by atoms with Crippen LogP contribution < -0.4 is 10.6 Å². The van der Waals surface area contributed by atoms with Crippen molar-refractivity contribution < 1.29 is 0 Å². The third kappa shape index (κ3) is 4.78. The molecule has 1 aromatic heterocycles. The Labute approximate surface area is 170 Å². The molecule has 6 nitrogen and oxygen atoms in total. The van der Waals surface area contributed by atoms with Crippen LogP contribution in [0.5, 0.6) is 0 Å². The van der Waals surface area contributed by atoms with Crippen LogP contribution in [0.15, 0.2) is 35.5 Å². The highest BCUT2D eigenvalue weighted by atomic mass is 127. The number of aliphatic imine (C=N–C) groups is 1. The molecule has 2 heterocycles. The van der Waals surface area contributed by atoms with Crippen LogP contribution in [0.2, 0.25) is 5.02 Å². The van der Waals surface area contributed by atoms with Crippen LogP contribution in [0, 0.1) is 6.92 Å². The molecule has 1 aliphatic heterocycles. The van der Waals surface area contributed by atoms with Crippen molar-refractivity contribution >= 4 is 47.2 Å². The van der Waals surface area contributed by atoms with Gasteiger partial charge in [0.15, 0.2) is 5.96 Å². The highest BCUT2D eigenvalue weighted by Crippen LogP contribution is 2.19. The molecule has 0 radical (unpaired) electrons. The van der Waals surface area contributed by atoms with Crippen molar-refractivity contribution in [3.63, 3.8) is 0 Å². The summed E-state index contributed by atoms with van der Waals surface area (Å²) in [5, 5.41) is 5.00. The van der Waals surface area contributed by atoms with E-state index in [2.05, 4.69) is 32.0 Å². The van der Waals surface area contributed by atoms with Gasteiger partial charge in [-0.3, -0.25) is 4.68 Å². The molecule has 0 bridgehead atoms. The summed E-state index contributed by atoms with van der Waals surface area (Å²) in [6.07, 6.45) is 1.85. The number of piperazine rings is 1. The monoisotopic (exact) mass is 474 g/mol. The van der Waals surface area contributed by atoms with Crippen molar-refractivity contribution in [2.45, 2.75) is 13.5 Å². The van der Waals surface area contributed by atoms with Gasteiger partial charge in [0, 0.05) is 55.2 Å². The van der Waals surface area contributed by atoms with E-state index in [4.69, 9.17) is 17.3 Å². The maximum atomic E-state index is 6.17. The highest BCUT2D eigenvalue weighted by molar-refractivity contribution is 14.0. The number of guanidine groups is 1. The molecular formula is C17H24ClIN6. The van der Waals surface area contributed by atoms with E-state index < -0.39 is 0 Å². The van der Waals surface area contributed by atoms with Crippen LogP contribution in [0.4, 0.5) is 5.69 Å². The van der Waals surface area contributed by atoms with Crippen molar-refractivity contribution in [2.24, 2.45) is 17.8 Å². The SMILES string of the molecule is Cc1c(CN=C(N)N2CCN(c3ccc(Cl)cc3)CC2)cnn1C.I. The van der Waals surface area contributed by atoms with Gasteiger partial charge in [-0.25, -0.2) is 4.99 Å². The number of nitrogens with zero attached hydrogens (tertiary/aromatic N) is 5. The summed E-state index contributed by atoms with van der Waals surface area (Å²) in [4.78, 5) is 9.01. The van der Waals surface area contributed by atoms with Gasteiger partial charge in [-0.05, 0) is 31.2 Å². The number of halogens is 2. The third-order valence-corrected chi connectivity index (χ3v) is 4.80. The summed E-state index contributed by atoms with van der Waals surface area (Å²) < 4.78 is 1.85. The molecule has 3 rings (SSSR count). The van der Waals surface area contributed by atoms with E-state index in [9.17, 15) is 0 Å². The summed E-state index contributed by atoms with van der Waals surface area (Å²) >= 11 is 5.95. The molecule has 136 valence electrons. The molecule has 0 atom stereocenters. The molecule has 0 spiro atoms. The molecule has 1 saturated heterocycles. The zero-order chi connectivity index (χ0) is 17.1. The quantitative estimate of drug-likeness (QED) is 0.422. The molecular weight excluding hydrogens is 451 g/mol. The number of aromatic nitrogens is 2. The van der Waals surface area contributed by atoms with Gasteiger partial charge in [0.1, 0.15) is 0 Å². The Morgan fingerprint density at radius 1 is 1.20 bits per heavy atom. The number of rotatable bonds is 3. The van der Waals surface area contributed by atoms with Gasteiger partial charge in [-0.1, -0.05) is 11.6 Å². The Balaban J connectivity index is 0.00000225. The molecule has 1 aromatic carbocycles. The van der Waals surface area contributed by atoms with Crippen LogP contribution in [0.1, 0.15) is 11.3 Å². The van der Waals surface area contributed by atoms with Crippen molar-refractivity contribution in [1.82, 2.24) is 14.7 Å². The topological polar surface area (TPSA) is 62.7 Å². The minimum Gasteiger partial charge on any atom is -0.370 e. The maximum Gasteiger partial charge on any atom is 0.191 e. The molecule has 0 aliphatic carbocycles. The number of hydrogen-bond donors (Lipinski definition) is 1. The molecule has 2 aromatic rings. The van der Waals surface area contributed by atoms with Crippen LogP contribution in [-0.2, 0) is 13.6 Å². The van der Waals surface area contributed by atoms with Crippen molar-refractivity contribution in [2.75, 3.05) is 31.1 Å². The second-order valence-corrected chi connectivity index (χ2v) is 6.44. The smallest absolute Gasteiger partial charge is 0.191 e. The fourth-order valence-electron chi connectivity index (χ4n) is 2.81. The lowest BCUT2D eigenvalue weighted by Gasteiger charge is -2.36. The summed E-state index contributed by atoms with van der Waals surface area (Å²) in [6, 6.07) is 7.96. The zero-order valence-electron chi connectivity index (χ0n) is 14.5. The average molecular weight is 475 g/mol. The summed E-state index contributed by atoms with van der Waals surface area (Å²) in [5.74, 6) is 0.606. The molecule has 1 fully saturated rings. The molecule has 0 amide bonds. The second-order valence-electron chi connectivity index (χ2n) is 6.00. The average Bonchev–Trinajstić information content (AvgIpc) is 2.92. The van der Waals surface area contributed by atoms with Gasteiger partial charge >= 0.3 is 0 Å². The zero-order valence-corrected chi connectivity index (χ0v) is 17.6. The molecule has 8 heteroatoms. The van der Waals surface area contributed by atoms with Gasteiger partial charge in [0.25, 0.3) is 0 Å². The third-order valence-electron chi connectivity index (χ3n) is 4.54. The van der Waals surface area contributed by atoms with Gasteiger partial charge in [-0.15, -0.1) is 24.0 Å². The lowest BCUT2D eigenvalue weighted by atomic mass is 10.2. The van der Waals surface area contributed by atoms with Gasteiger partial charge in [-0.2, -0.15) is 5.10 Å². The van der Waals surface area contributed by atoms with E-state index in [1.165, 1.54) is 5.69 Å². The molecule has 0 saturated carbocycles. The number of anilines is 1. The fraction of sp³-hybridized carbons (Fsp3) is 0.412. The Morgan fingerprint density at radius 2 is 1.84 bits per heavy atom. The van der Waals surface area contributed by atoms with Crippen LogP contribution in [0.25, 0.3) is 0 Å². The van der Waals surface area contributed by atoms with E-state index in [0.717, 1.165) is 42.5 Å². The van der Waals surface area contributed by atoms with E-state index in [1.807, 2.05) is 37.0 Å². The van der Waals surface area contributed by atoms with Gasteiger partial charge in [0.2, 0.25) is 0 Å². The predicted molar refractivity (Wildman–Crippen MR) is 114 cm³/mol. The summed E-state index contributed by atoms with van der Waals surface area (Å²) in [7, 11) is 1.93. The van der Waals surface area contributed by atoms with Crippen LogP contribution in [0.3, 0.4) is 0 Å². The highest BCUT2D eigenvalue weighted by Gasteiger charge is 2.18. The first kappa shape index (κ1) is 19.8. The molecule has 0 unspecified atom stereocenters. The van der Waals surface area contributed by atoms with E-state index >= 15 is 0 Å². The molecule has 1 aliphatic rings. The van der Waals surface area contributed by atoms with E-state index in [-0.39, 0.29) is 24.0 Å². The predicted octanol–water partition coefficient (Wildman–Crippen LogP) is 2.64. The van der Waals surface area contributed by atoms with Crippen molar-refractivity contribution in [3.05, 3.63) is 46.7 Å². The molecule has 2 N–H and O–H groups in total. The number of hydrogen-bond acceptors (Lipinski definition) is 3. The van der Waals surface area contributed by atoms with E-state index in [0.29, 0.717) is 12.5 Å². The van der Waals surface area contributed by atoms with Crippen LogP contribution >= 0.6 is 35.6 Å². The molecule has 25 heavy (non-hydrogen) atoms. The Kier molecular flexibility index (Phi) is 6.95. The van der Waals surface area contributed by atoms with Crippen LogP contribution in [-0.4, -0.2) is 46.8 Å². The lowest BCUT2D eigenvalue weighted by molar-refractivity contribution is 0.380. The minimum atomic E-state index is 0. The minimum absolute atomic E-state index is 0. The lowest BCUT2D eigenvalue weighted by Crippen LogP contribution is -2.51. The number of aryl methyl sites for hydroxylation is 1. The summed E-state index contributed by atoms with van der Waals surface area (Å²) in [5.41, 5.74) is 9.60. The Bertz CT molecular complexity index is 719. The second kappa shape index (κ2) is 8.75. The van der Waals surface area contributed by atoms with Gasteiger partial charge < -0.3 is 15.5 Å². The normalized spacial score (nSPS) is 15.2. The van der Waals surface area contributed by atoms with Crippen molar-refractivity contribution in [3.8, 4) is 0 Å². The Hall–Kier alpha value is -1.48. The van der Waals surface area contributed by atoms with Gasteiger partial charge in [0.05, 0.1) is 12.7 Å². The maximum absolute atomic E-state index is 6.17. The standard InChI is InChI=1S/C17H23ClN6.HI/c1-13-14(12-21-22(13)2)11-20-17(19)24-9-7-23(8-10-24)16-5-3-15(18)4-6-16;/h3-6,12H,7-11H2,1-2H3,(H2,19,20);1H. The fourth-order valence-corrected chi connectivity index (χ4v) is 2.94. The largest absolute Gasteiger partial charge is 0.370 e. The summed E-state index contributed by atoms with van der Waals surface area (Å²) in [6.45, 7) is 6.18. The van der Waals surface area contributed by atoms with E-state index in [1.54, 1.807) is 0 Å². The first-order valence-corrected chi connectivity index (χ1v) is 8.45. The first-order chi connectivity index (χ1) is 11.5. The number of nitrogens with two attached hydrogens (primary N) is 1. The van der Waals surface area contributed by atoms with Crippen molar-refractivity contribution in [1.29, 1.82) is 0 Å². The first-order valence-electron chi connectivity index (χ1n) is 8.07. The number of benzene rings is 1.